The number of carbonyl (C=O) groups excluding carboxylic acids is 1. The molecule has 2 aliphatic rings. The van der Waals surface area contributed by atoms with Crippen LogP contribution < -0.4 is 5.32 Å². The molecule has 1 aromatic heterocycles. The van der Waals surface area contributed by atoms with Gasteiger partial charge in [0.15, 0.2) is 0 Å². The Hall–Kier alpha value is -1.86. The highest BCUT2D eigenvalue weighted by molar-refractivity contribution is 6.31. The van der Waals surface area contributed by atoms with E-state index in [1.807, 2.05) is 23.7 Å². The van der Waals surface area contributed by atoms with Crippen LogP contribution in [0.15, 0.2) is 18.3 Å². The molecule has 3 heterocycles. The zero-order valence-electron chi connectivity index (χ0n) is 15.3. The summed E-state index contributed by atoms with van der Waals surface area (Å²) in [4.78, 5) is 14.0. The number of piperidine rings is 1. The van der Waals surface area contributed by atoms with Crippen molar-refractivity contribution in [2.45, 2.75) is 37.8 Å². The molecular weight excluding hydrogens is 371 g/mol. The van der Waals surface area contributed by atoms with E-state index in [0.29, 0.717) is 31.1 Å². The summed E-state index contributed by atoms with van der Waals surface area (Å²) in [6.07, 6.45) is 2.99. The van der Waals surface area contributed by atoms with Crippen molar-refractivity contribution in [3.63, 3.8) is 0 Å². The third kappa shape index (κ3) is 2.88. The molecule has 2 aromatic rings. The average molecular weight is 395 g/mol. The average Bonchev–Trinajstić information content (AvgIpc) is 3.18. The van der Waals surface area contributed by atoms with E-state index in [2.05, 4.69) is 10.4 Å². The lowest BCUT2D eigenvalue weighted by atomic mass is 9.75. The van der Waals surface area contributed by atoms with Gasteiger partial charge in [-0.1, -0.05) is 11.6 Å². The molecule has 6 nitrogen and oxygen atoms in total. The van der Waals surface area contributed by atoms with Crippen LogP contribution in [-0.2, 0) is 5.54 Å². The van der Waals surface area contributed by atoms with Crippen LogP contribution in [0.3, 0.4) is 0 Å². The van der Waals surface area contributed by atoms with Crippen LogP contribution in [0.1, 0.15) is 37.9 Å². The topological polar surface area (TPSA) is 70.4 Å². The van der Waals surface area contributed by atoms with Gasteiger partial charge in [-0.25, -0.2) is 4.79 Å². The number of nitrogens with one attached hydrogen (secondary N) is 1. The summed E-state index contributed by atoms with van der Waals surface area (Å²) in [6, 6.07) is 3.55. The Bertz CT molecular complexity index is 865. The van der Waals surface area contributed by atoms with Crippen LogP contribution in [0, 0.1) is 5.92 Å². The lowest BCUT2D eigenvalue weighted by Gasteiger charge is -2.42. The predicted octanol–water partition coefficient (Wildman–Crippen LogP) is 3.23. The number of likely N-dealkylation sites (tertiary alicyclic amines) is 1. The van der Waals surface area contributed by atoms with Crippen molar-refractivity contribution in [2.75, 3.05) is 26.3 Å². The molecule has 2 N–H and O–H groups in total. The first kappa shape index (κ1) is 18.5. The number of carbonyl (C=O) groups is 1. The Morgan fingerprint density at radius 2 is 2.19 bits per heavy atom. The van der Waals surface area contributed by atoms with Crippen LogP contribution in [0.4, 0.5) is 9.18 Å². The van der Waals surface area contributed by atoms with Gasteiger partial charge in [-0.3, -0.25) is 9.07 Å². The number of amides is 2. The largest absolute Gasteiger partial charge is 0.386 e. The molecule has 0 aliphatic carbocycles. The van der Waals surface area contributed by atoms with E-state index >= 15 is 0 Å². The molecular formula is C19H24ClFN4O2. The minimum atomic E-state index is -0.683. The number of urea groups is 1. The molecule has 2 atom stereocenters. The molecule has 4 rings (SSSR count). The van der Waals surface area contributed by atoms with Crippen LogP contribution in [0.2, 0.25) is 5.02 Å². The van der Waals surface area contributed by atoms with Gasteiger partial charge >= 0.3 is 6.03 Å². The van der Waals surface area contributed by atoms with E-state index in [-0.39, 0.29) is 11.9 Å². The Morgan fingerprint density at radius 3 is 2.89 bits per heavy atom. The highest BCUT2D eigenvalue weighted by Crippen LogP contribution is 2.51. The van der Waals surface area contributed by atoms with E-state index in [4.69, 9.17) is 11.6 Å². The third-order valence-corrected chi connectivity index (χ3v) is 6.38. The predicted molar refractivity (Wildman–Crippen MR) is 102 cm³/mol. The number of aromatic nitrogens is 2. The number of aliphatic hydroxyl groups excluding tert-OH is 1. The molecule has 1 unspecified atom stereocenters. The maximum Gasteiger partial charge on any atom is 0.317 e. The number of rotatable bonds is 4. The first-order chi connectivity index (χ1) is 13.0. The van der Waals surface area contributed by atoms with E-state index in [1.54, 1.807) is 11.1 Å². The van der Waals surface area contributed by atoms with Crippen molar-refractivity contribution in [3.05, 3.63) is 28.9 Å². The van der Waals surface area contributed by atoms with E-state index < -0.39 is 18.3 Å². The number of hydrogen-bond acceptors (Lipinski definition) is 3. The van der Waals surface area contributed by atoms with Gasteiger partial charge in [0, 0.05) is 35.6 Å². The molecule has 2 amide bonds. The van der Waals surface area contributed by atoms with E-state index in [0.717, 1.165) is 29.3 Å². The van der Waals surface area contributed by atoms with Gasteiger partial charge in [0.05, 0.1) is 23.9 Å². The molecule has 1 saturated heterocycles. The molecule has 0 saturated carbocycles. The van der Waals surface area contributed by atoms with Crippen LogP contribution >= 0.6 is 11.6 Å². The Morgan fingerprint density at radius 1 is 1.44 bits per heavy atom. The second-order valence-electron chi connectivity index (χ2n) is 7.65. The molecule has 0 bridgehead atoms. The molecule has 0 spiro atoms. The minimum Gasteiger partial charge on any atom is -0.386 e. The van der Waals surface area contributed by atoms with Crippen molar-refractivity contribution < 1.29 is 14.3 Å². The maximum absolute atomic E-state index is 12.2. The monoisotopic (exact) mass is 394 g/mol. The second-order valence-corrected chi connectivity index (χ2v) is 8.09. The van der Waals surface area contributed by atoms with Gasteiger partial charge in [-0.2, -0.15) is 5.10 Å². The SMILES string of the molecule is CC1(C2CCN(C(=O)NCCCF)CC2)[C@H](O)c2cc(Cl)cc3cnn1c23. The third-order valence-electron chi connectivity index (χ3n) is 6.16. The Balaban J connectivity index is 1.51. The fraction of sp³-hybridized carbons (Fsp3) is 0.579. The van der Waals surface area contributed by atoms with Gasteiger partial charge in [-0.15, -0.1) is 0 Å². The van der Waals surface area contributed by atoms with Crippen molar-refractivity contribution in [1.29, 1.82) is 0 Å². The fourth-order valence-electron chi connectivity index (χ4n) is 4.60. The molecule has 1 fully saturated rings. The van der Waals surface area contributed by atoms with E-state index in [1.165, 1.54) is 0 Å². The number of hydrogen-bond donors (Lipinski definition) is 2. The Kier molecular flexibility index (Phi) is 4.76. The second kappa shape index (κ2) is 6.95. The quantitative estimate of drug-likeness (QED) is 0.782. The highest BCUT2D eigenvalue weighted by Gasteiger charge is 2.50. The molecule has 1 aromatic carbocycles. The van der Waals surface area contributed by atoms with Crippen molar-refractivity contribution in [1.82, 2.24) is 20.0 Å². The van der Waals surface area contributed by atoms with Crippen molar-refractivity contribution in [2.24, 2.45) is 5.92 Å². The summed E-state index contributed by atoms with van der Waals surface area (Å²) in [5.74, 6) is 0.177. The molecule has 8 heteroatoms. The van der Waals surface area contributed by atoms with Gasteiger partial charge in [0.25, 0.3) is 0 Å². The summed E-state index contributed by atoms with van der Waals surface area (Å²) in [7, 11) is 0. The summed E-state index contributed by atoms with van der Waals surface area (Å²) in [5.41, 5.74) is 1.20. The first-order valence-corrected chi connectivity index (χ1v) is 9.79. The maximum atomic E-state index is 12.2. The van der Waals surface area contributed by atoms with Crippen LogP contribution in [0.5, 0.6) is 0 Å². The molecule has 27 heavy (non-hydrogen) atoms. The number of benzene rings is 1. The normalized spacial score (nSPS) is 25.3. The number of halogens is 2. The zero-order chi connectivity index (χ0) is 19.2. The zero-order valence-corrected chi connectivity index (χ0v) is 16.0. The molecule has 0 radical (unpaired) electrons. The van der Waals surface area contributed by atoms with Gasteiger partial charge in [0.1, 0.15) is 6.10 Å². The van der Waals surface area contributed by atoms with Crippen LogP contribution in [0.25, 0.3) is 10.9 Å². The van der Waals surface area contributed by atoms with E-state index in [9.17, 15) is 14.3 Å². The summed E-state index contributed by atoms with van der Waals surface area (Å²) in [5, 5.41) is 20.0. The van der Waals surface area contributed by atoms with Gasteiger partial charge in [0.2, 0.25) is 0 Å². The number of nitrogens with zero attached hydrogens (tertiary/aromatic N) is 3. The molecule has 146 valence electrons. The highest BCUT2D eigenvalue weighted by atomic mass is 35.5. The van der Waals surface area contributed by atoms with Crippen LogP contribution in [-0.4, -0.2) is 52.1 Å². The minimum absolute atomic E-state index is 0.143. The van der Waals surface area contributed by atoms with Gasteiger partial charge in [-0.05, 0) is 44.2 Å². The van der Waals surface area contributed by atoms with Crippen molar-refractivity contribution in [3.8, 4) is 0 Å². The van der Waals surface area contributed by atoms with Gasteiger partial charge < -0.3 is 15.3 Å². The lowest BCUT2D eigenvalue weighted by molar-refractivity contribution is -0.0116. The standard InChI is InChI=1S/C19H24ClFN4O2/c1-19(13-3-7-24(8-4-13)18(27)22-6-2-5-21)17(26)15-10-14(20)9-12-11-23-25(19)16(12)15/h9-11,13,17,26H,2-8H2,1H3,(H,22,27)/t17-,19?/m1/s1. The number of alkyl halides is 1. The lowest BCUT2D eigenvalue weighted by Crippen LogP contribution is -2.50. The summed E-state index contributed by atoms with van der Waals surface area (Å²) >= 11 is 6.21. The fourth-order valence-corrected chi connectivity index (χ4v) is 4.84. The Labute approximate surface area is 162 Å². The molecule has 2 aliphatic heterocycles. The first-order valence-electron chi connectivity index (χ1n) is 9.41. The summed E-state index contributed by atoms with van der Waals surface area (Å²) < 4.78 is 14.1. The number of aliphatic hydroxyl groups is 1. The smallest absolute Gasteiger partial charge is 0.317 e. The summed E-state index contributed by atoms with van der Waals surface area (Å²) in [6.45, 7) is 3.18. The van der Waals surface area contributed by atoms with Crippen molar-refractivity contribution >= 4 is 28.5 Å².